The topological polar surface area (TPSA) is 98.1 Å². The molecule has 0 saturated carbocycles. The number of aromatic nitrogens is 4. The van der Waals surface area contributed by atoms with Gasteiger partial charge in [-0.2, -0.15) is 4.68 Å². The van der Waals surface area contributed by atoms with Crippen molar-refractivity contribution in [3.8, 4) is 5.69 Å². The van der Waals surface area contributed by atoms with Gasteiger partial charge in [0.25, 0.3) is 0 Å². The lowest BCUT2D eigenvalue weighted by molar-refractivity contribution is -0.130. The monoisotopic (exact) mass is 477 g/mol. The minimum Gasteiger partial charge on any atom is -0.333 e. The van der Waals surface area contributed by atoms with Crippen LogP contribution in [0.1, 0.15) is 22.4 Å². The highest BCUT2D eigenvalue weighted by Crippen LogP contribution is 2.25. The summed E-state index contributed by atoms with van der Waals surface area (Å²) in [5.74, 6) is 0.169. The summed E-state index contributed by atoms with van der Waals surface area (Å²) in [7, 11) is -3.10. The van der Waals surface area contributed by atoms with Crippen molar-refractivity contribution in [2.45, 2.75) is 38.0 Å². The maximum Gasteiger partial charge on any atom is 0.233 e. The van der Waals surface area contributed by atoms with Crippen LogP contribution in [0.25, 0.3) is 5.69 Å². The van der Waals surface area contributed by atoms with Crippen LogP contribution in [0.5, 0.6) is 0 Å². The molecule has 0 bridgehead atoms. The Balaban J connectivity index is 1.50. The van der Waals surface area contributed by atoms with Crippen molar-refractivity contribution < 1.29 is 13.2 Å². The summed E-state index contributed by atoms with van der Waals surface area (Å²) >= 11 is 2.82. The Bertz CT molecular complexity index is 1170. The van der Waals surface area contributed by atoms with Crippen LogP contribution < -0.4 is 0 Å². The van der Waals surface area contributed by atoms with Crippen LogP contribution in [-0.4, -0.2) is 62.7 Å². The summed E-state index contributed by atoms with van der Waals surface area (Å²) in [6.07, 6.45) is 0.477. The number of benzene rings is 1. The van der Waals surface area contributed by atoms with Crippen LogP contribution in [0, 0.1) is 13.8 Å². The highest BCUT2D eigenvalue weighted by molar-refractivity contribution is 7.99. The number of hydrogen-bond donors (Lipinski definition) is 0. The van der Waals surface area contributed by atoms with E-state index >= 15 is 0 Å². The zero-order valence-electron chi connectivity index (χ0n) is 17.3. The molecule has 4 rings (SSSR count). The number of carbonyl (C=O) groups is 1. The Morgan fingerprint density at radius 3 is 2.84 bits per heavy atom. The summed E-state index contributed by atoms with van der Waals surface area (Å²) in [6, 6.07) is 9.60. The van der Waals surface area contributed by atoms with Crippen molar-refractivity contribution in [1.82, 2.24) is 25.1 Å². The number of thioether (sulfide) groups is 1. The highest BCUT2D eigenvalue weighted by Gasteiger charge is 2.35. The Kier molecular flexibility index (Phi) is 6.44. The van der Waals surface area contributed by atoms with Gasteiger partial charge in [-0.05, 0) is 53.8 Å². The van der Waals surface area contributed by atoms with E-state index in [-0.39, 0.29) is 29.2 Å². The van der Waals surface area contributed by atoms with Crippen LogP contribution in [0.4, 0.5) is 0 Å². The minimum atomic E-state index is -3.10. The van der Waals surface area contributed by atoms with Crippen molar-refractivity contribution in [2.75, 3.05) is 17.3 Å². The van der Waals surface area contributed by atoms with E-state index in [4.69, 9.17) is 0 Å². The zero-order valence-corrected chi connectivity index (χ0v) is 19.7. The molecular formula is C20H23N5O3S3. The number of sulfone groups is 1. The second-order valence-corrected chi connectivity index (χ2v) is 11.8. The minimum absolute atomic E-state index is 0.0229. The van der Waals surface area contributed by atoms with Gasteiger partial charge in [-0.3, -0.25) is 4.79 Å². The smallest absolute Gasteiger partial charge is 0.233 e. The average molecular weight is 478 g/mol. The lowest BCUT2D eigenvalue weighted by Crippen LogP contribution is -2.41. The average Bonchev–Trinajstić information content (AvgIpc) is 3.45. The Morgan fingerprint density at radius 1 is 1.32 bits per heavy atom. The van der Waals surface area contributed by atoms with E-state index in [0.717, 1.165) is 21.7 Å². The van der Waals surface area contributed by atoms with Gasteiger partial charge in [-0.25, -0.2) is 8.42 Å². The molecule has 1 saturated heterocycles. The Morgan fingerprint density at radius 2 is 2.16 bits per heavy atom. The summed E-state index contributed by atoms with van der Waals surface area (Å²) in [6.45, 7) is 4.43. The van der Waals surface area contributed by atoms with Crippen molar-refractivity contribution in [3.63, 3.8) is 0 Å². The van der Waals surface area contributed by atoms with Crippen LogP contribution in [0.15, 0.2) is 40.9 Å². The summed E-state index contributed by atoms with van der Waals surface area (Å²) in [5, 5.41) is 14.4. The molecule has 3 aromatic rings. The Hall–Kier alpha value is -2.24. The number of thiophene rings is 1. The fourth-order valence-electron chi connectivity index (χ4n) is 3.68. The standard InChI is InChI=1S/C20H23N5O3S3/c1-14-5-6-18(15(2)10-14)25-20(21-22-23-25)30-12-19(26)24(11-17-4-3-8-29-17)16-7-9-31(27,28)13-16/h3-6,8,10,16H,7,9,11-13H2,1-2H3. The van der Waals surface area contributed by atoms with Gasteiger partial charge in [0.15, 0.2) is 9.84 Å². The molecule has 11 heteroatoms. The number of amides is 1. The third-order valence-corrected chi connectivity index (χ3v) is 8.74. The third-order valence-electron chi connectivity index (χ3n) is 5.22. The first-order valence-corrected chi connectivity index (χ1v) is 13.5. The highest BCUT2D eigenvalue weighted by atomic mass is 32.2. The van der Waals surface area contributed by atoms with Gasteiger partial charge < -0.3 is 4.90 Å². The molecule has 0 spiro atoms. The van der Waals surface area contributed by atoms with Gasteiger partial charge in [0.2, 0.25) is 11.1 Å². The van der Waals surface area contributed by atoms with E-state index in [1.165, 1.54) is 11.8 Å². The molecule has 31 heavy (non-hydrogen) atoms. The zero-order chi connectivity index (χ0) is 22.0. The van der Waals surface area contributed by atoms with Gasteiger partial charge in [-0.1, -0.05) is 35.5 Å². The number of rotatable bonds is 7. The van der Waals surface area contributed by atoms with E-state index in [1.807, 2.05) is 43.5 Å². The maximum absolute atomic E-state index is 13.2. The quantitative estimate of drug-likeness (QED) is 0.483. The fourth-order valence-corrected chi connectivity index (χ4v) is 6.89. The van der Waals surface area contributed by atoms with Crippen molar-refractivity contribution in [3.05, 3.63) is 51.7 Å². The predicted molar refractivity (Wildman–Crippen MR) is 121 cm³/mol. The normalized spacial score (nSPS) is 17.7. The molecule has 1 aromatic carbocycles. The summed E-state index contributed by atoms with van der Waals surface area (Å²) in [5.41, 5.74) is 3.05. The summed E-state index contributed by atoms with van der Waals surface area (Å²) < 4.78 is 25.6. The van der Waals surface area contributed by atoms with Gasteiger partial charge in [-0.15, -0.1) is 16.4 Å². The largest absolute Gasteiger partial charge is 0.333 e. The first kappa shape index (κ1) is 22.0. The van der Waals surface area contributed by atoms with Gasteiger partial charge in [0.1, 0.15) is 0 Å². The first-order chi connectivity index (χ1) is 14.8. The van der Waals surface area contributed by atoms with Crippen LogP contribution in [0.2, 0.25) is 0 Å². The molecule has 1 fully saturated rings. The third kappa shape index (κ3) is 5.16. The molecule has 1 amide bonds. The second-order valence-electron chi connectivity index (χ2n) is 7.61. The van der Waals surface area contributed by atoms with Crippen molar-refractivity contribution >= 4 is 38.8 Å². The van der Waals surface area contributed by atoms with Crippen molar-refractivity contribution in [2.24, 2.45) is 0 Å². The number of aryl methyl sites for hydroxylation is 2. The number of hydrogen-bond acceptors (Lipinski definition) is 8. The molecule has 1 atom stereocenters. The molecule has 0 radical (unpaired) electrons. The molecular weight excluding hydrogens is 454 g/mol. The number of nitrogens with zero attached hydrogens (tertiary/aromatic N) is 5. The molecule has 8 nitrogen and oxygen atoms in total. The second kappa shape index (κ2) is 9.09. The van der Waals surface area contributed by atoms with Gasteiger partial charge in [0, 0.05) is 10.9 Å². The molecule has 1 aliphatic heterocycles. The lowest BCUT2D eigenvalue weighted by Gasteiger charge is -2.27. The van der Waals surface area contributed by atoms with Crippen molar-refractivity contribution in [1.29, 1.82) is 0 Å². The summed E-state index contributed by atoms with van der Waals surface area (Å²) in [4.78, 5) is 15.9. The van der Waals surface area contributed by atoms with Crippen LogP contribution >= 0.6 is 23.1 Å². The number of tetrazole rings is 1. The molecule has 1 aliphatic rings. The van der Waals surface area contributed by atoms with E-state index in [0.29, 0.717) is 18.1 Å². The molecule has 0 N–H and O–H groups in total. The van der Waals surface area contributed by atoms with E-state index in [2.05, 4.69) is 21.6 Å². The number of carbonyl (C=O) groups excluding carboxylic acids is 1. The van der Waals surface area contributed by atoms with Crippen LogP contribution in [0.3, 0.4) is 0 Å². The van der Waals surface area contributed by atoms with E-state index in [9.17, 15) is 13.2 Å². The maximum atomic E-state index is 13.2. The van der Waals surface area contributed by atoms with Gasteiger partial charge in [0.05, 0.1) is 29.5 Å². The molecule has 1 unspecified atom stereocenters. The van der Waals surface area contributed by atoms with E-state index in [1.54, 1.807) is 20.9 Å². The van der Waals surface area contributed by atoms with E-state index < -0.39 is 9.84 Å². The fraction of sp³-hybridized carbons (Fsp3) is 0.400. The first-order valence-electron chi connectivity index (χ1n) is 9.83. The Labute approximate surface area is 189 Å². The molecule has 0 aliphatic carbocycles. The predicted octanol–water partition coefficient (Wildman–Crippen LogP) is 2.65. The van der Waals surface area contributed by atoms with Gasteiger partial charge >= 0.3 is 0 Å². The lowest BCUT2D eigenvalue weighted by atomic mass is 10.1. The molecule has 2 aromatic heterocycles. The molecule has 164 valence electrons. The SMILES string of the molecule is Cc1ccc(-n2nnnc2SCC(=O)N(Cc2cccs2)C2CCS(=O)(=O)C2)c(C)c1. The van der Waals surface area contributed by atoms with Crippen LogP contribution in [-0.2, 0) is 21.2 Å². The molecule has 3 heterocycles.